The Kier molecular flexibility index (Phi) is 4.03. The minimum Gasteiger partial charge on any atom is -0.493 e. The normalized spacial score (nSPS) is 14.9. The summed E-state index contributed by atoms with van der Waals surface area (Å²) in [5.74, 6) is 1.57. The highest BCUT2D eigenvalue weighted by Gasteiger charge is 2.30. The van der Waals surface area contributed by atoms with Crippen LogP contribution in [-0.4, -0.2) is 12.4 Å². The predicted octanol–water partition coefficient (Wildman–Crippen LogP) is 4.77. The van der Waals surface area contributed by atoms with E-state index < -0.39 is 0 Å². The van der Waals surface area contributed by atoms with Crippen LogP contribution in [0.15, 0.2) is 46.6 Å². The van der Waals surface area contributed by atoms with E-state index in [1.165, 1.54) is 0 Å². The van der Waals surface area contributed by atoms with Crippen LogP contribution in [0.4, 0.5) is 0 Å². The maximum Gasteiger partial charge on any atom is 0.231 e. The second kappa shape index (κ2) is 5.97. The average molecular weight is 359 g/mol. The monoisotopic (exact) mass is 358 g/mol. The van der Waals surface area contributed by atoms with Crippen molar-refractivity contribution < 1.29 is 14.3 Å². The molecular weight excluding hydrogens is 344 g/mol. The molecule has 0 radical (unpaired) electrons. The number of carbonyl (C=O) groups excluding carboxylic acids is 1. The Morgan fingerprint density at radius 2 is 2.00 bits per heavy atom. The van der Waals surface area contributed by atoms with E-state index in [0.29, 0.717) is 23.7 Å². The third-order valence-electron chi connectivity index (χ3n) is 3.53. The molecule has 1 aliphatic heterocycles. The second-order valence-corrected chi connectivity index (χ2v) is 5.81. The first kappa shape index (κ1) is 14.9. The lowest BCUT2D eigenvalue weighted by Crippen LogP contribution is -1.98. The Morgan fingerprint density at radius 3 is 2.73 bits per heavy atom. The van der Waals surface area contributed by atoms with E-state index in [4.69, 9.17) is 9.47 Å². The van der Waals surface area contributed by atoms with Gasteiger partial charge in [-0.3, -0.25) is 4.79 Å². The predicted molar refractivity (Wildman–Crippen MR) is 89.4 cm³/mol. The zero-order valence-corrected chi connectivity index (χ0v) is 13.9. The molecule has 112 valence electrons. The molecule has 4 heteroatoms. The van der Waals surface area contributed by atoms with E-state index in [1.54, 1.807) is 12.1 Å². The fraction of sp³-hybridized carbons (Fsp3) is 0.167. The van der Waals surface area contributed by atoms with Crippen molar-refractivity contribution in [2.24, 2.45) is 0 Å². The third-order valence-corrected chi connectivity index (χ3v) is 4.25. The minimum absolute atomic E-state index is 0.100. The zero-order chi connectivity index (χ0) is 15.7. The van der Waals surface area contributed by atoms with Gasteiger partial charge >= 0.3 is 0 Å². The summed E-state index contributed by atoms with van der Waals surface area (Å²) in [6.45, 7) is 4.41. The fourth-order valence-electron chi connectivity index (χ4n) is 2.41. The van der Waals surface area contributed by atoms with Gasteiger partial charge in [0.2, 0.25) is 5.78 Å². The molecule has 0 bridgehead atoms. The van der Waals surface area contributed by atoms with Crippen LogP contribution >= 0.6 is 15.9 Å². The summed E-state index contributed by atoms with van der Waals surface area (Å²) in [6.07, 6.45) is 1.76. The highest BCUT2D eigenvalue weighted by atomic mass is 79.9. The van der Waals surface area contributed by atoms with Gasteiger partial charge in [-0.2, -0.15) is 0 Å². The number of fused-ring (bicyclic) bond motifs is 1. The number of ether oxygens (including phenoxy) is 2. The Morgan fingerprint density at radius 1 is 1.23 bits per heavy atom. The molecule has 0 unspecified atom stereocenters. The first-order chi connectivity index (χ1) is 10.6. The average Bonchev–Trinajstić information content (AvgIpc) is 2.82. The van der Waals surface area contributed by atoms with Gasteiger partial charge < -0.3 is 9.47 Å². The molecule has 22 heavy (non-hydrogen) atoms. The van der Waals surface area contributed by atoms with Gasteiger partial charge in [-0.1, -0.05) is 34.1 Å². The third kappa shape index (κ3) is 2.55. The highest BCUT2D eigenvalue weighted by molar-refractivity contribution is 9.10. The lowest BCUT2D eigenvalue weighted by Gasteiger charge is -2.09. The Hall–Kier alpha value is -2.07. The van der Waals surface area contributed by atoms with Crippen molar-refractivity contribution in [2.45, 2.75) is 13.8 Å². The number of rotatable bonds is 3. The van der Waals surface area contributed by atoms with E-state index in [-0.39, 0.29) is 5.78 Å². The lowest BCUT2D eigenvalue weighted by atomic mass is 10.1. The maximum atomic E-state index is 12.5. The van der Waals surface area contributed by atoms with Gasteiger partial charge in [0.15, 0.2) is 5.76 Å². The van der Waals surface area contributed by atoms with Crippen LogP contribution in [-0.2, 0) is 0 Å². The van der Waals surface area contributed by atoms with Crippen molar-refractivity contribution in [2.75, 3.05) is 6.61 Å². The van der Waals surface area contributed by atoms with Gasteiger partial charge in [-0.05, 0) is 43.7 Å². The van der Waals surface area contributed by atoms with Crippen molar-refractivity contribution in [1.82, 2.24) is 0 Å². The van der Waals surface area contributed by atoms with Crippen molar-refractivity contribution >= 4 is 27.8 Å². The lowest BCUT2D eigenvalue weighted by molar-refractivity contribution is 0.101. The van der Waals surface area contributed by atoms with Crippen LogP contribution in [0.2, 0.25) is 0 Å². The summed E-state index contributed by atoms with van der Waals surface area (Å²) in [7, 11) is 0. The molecular formula is C18H15BrO3. The number of allylic oxidation sites excluding steroid dienone is 1. The summed E-state index contributed by atoms with van der Waals surface area (Å²) in [6, 6.07) is 11.3. The molecule has 1 aliphatic rings. The van der Waals surface area contributed by atoms with Crippen molar-refractivity contribution in [3.63, 3.8) is 0 Å². The Bertz CT molecular complexity index is 778. The molecule has 0 fully saturated rings. The smallest absolute Gasteiger partial charge is 0.231 e. The molecule has 2 aromatic carbocycles. The molecule has 0 saturated carbocycles. The molecule has 0 N–H and O–H groups in total. The molecule has 0 aliphatic carbocycles. The van der Waals surface area contributed by atoms with Gasteiger partial charge in [0, 0.05) is 10.0 Å². The SMILES string of the molecule is CCOc1ccc2c(c1C)O/C(=C\c1ccccc1Br)C2=O. The number of ketones is 1. The van der Waals surface area contributed by atoms with Crippen LogP contribution in [0.5, 0.6) is 11.5 Å². The van der Waals surface area contributed by atoms with Crippen molar-refractivity contribution in [3.05, 3.63) is 63.3 Å². The van der Waals surface area contributed by atoms with Gasteiger partial charge in [-0.25, -0.2) is 0 Å². The van der Waals surface area contributed by atoms with Gasteiger partial charge in [0.05, 0.1) is 12.2 Å². The summed E-state index contributed by atoms with van der Waals surface area (Å²) in [5, 5.41) is 0. The number of carbonyl (C=O) groups is 1. The number of halogens is 1. The first-order valence-corrected chi connectivity index (χ1v) is 7.86. The highest BCUT2D eigenvalue weighted by Crippen LogP contribution is 2.39. The van der Waals surface area contributed by atoms with E-state index >= 15 is 0 Å². The van der Waals surface area contributed by atoms with Crippen LogP contribution in [0.1, 0.15) is 28.4 Å². The molecule has 1 heterocycles. The van der Waals surface area contributed by atoms with Crippen LogP contribution < -0.4 is 9.47 Å². The summed E-state index contributed by atoms with van der Waals surface area (Å²) >= 11 is 3.47. The molecule has 2 aromatic rings. The van der Waals surface area contributed by atoms with Crippen LogP contribution in [0.25, 0.3) is 6.08 Å². The van der Waals surface area contributed by atoms with E-state index in [9.17, 15) is 4.79 Å². The van der Waals surface area contributed by atoms with Gasteiger partial charge in [-0.15, -0.1) is 0 Å². The summed E-state index contributed by atoms with van der Waals surface area (Å²) in [4.78, 5) is 12.5. The largest absolute Gasteiger partial charge is 0.493 e. The van der Waals surface area contributed by atoms with E-state index in [0.717, 1.165) is 21.3 Å². The zero-order valence-electron chi connectivity index (χ0n) is 12.4. The van der Waals surface area contributed by atoms with Crippen molar-refractivity contribution in [3.8, 4) is 11.5 Å². The molecule has 0 saturated heterocycles. The summed E-state index contributed by atoms with van der Waals surface area (Å²) < 4.78 is 12.3. The number of hydrogen-bond acceptors (Lipinski definition) is 3. The van der Waals surface area contributed by atoms with Crippen molar-refractivity contribution in [1.29, 1.82) is 0 Å². The standard InChI is InChI=1S/C18H15BrO3/c1-3-21-15-9-8-13-17(20)16(22-18(13)11(15)2)10-12-6-4-5-7-14(12)19/h4-10H,3H2,1-2H3/b16-10-. The molecule has 0 aromatic heterocycles. The molecule has 0 amide bonds. The topological polar surface area (TPSA) is 35.5 Å². The molecule has 0 spiro atoms. The number of Topliss-reactive ketones (excluding diaryl/α,β-unsaturated/α-hetero) is 1. The molecule has 3 rings (SSSR count). The van der Waals surface area contributed by atoms with Crippen LogP contribution in [0.3, 0.4) is 0 Å². The van der Waals surface area contributed by atoms with Crippen LogP contribution in [0, 0.1) is 6.92 Å². The first-order valence-electron chi connectivity index (χ1n) is 7.07. The number of hydrogen-bond donors (Lipinski definition) is 0. The molecule has 3 nitrogen and oxygen atoms in total. The quantitative estimate of drug-likeness (QED) is 0.741. The van der Waals surface area contributed by atoms with Gasteiger partial charge in [0.1, 0.15) is 11.5 Å². The van der Waals surface area contributed by atoms with E-state index in [2.05, 4.69) is 15.9 Å². The summed E-state index contributed by atoms with van der Waals surface area (Å²) in [5.41, 5.74) is 2.34. The van der Waals surface area contributed by atoms with E-state index in [1.807, 2.05) is 44.2 Å². The fourth-order valence-corrected chi connectivity index (χ4v) is 2.81. The minimum atomic E-state index is -0.100. The maximum absolute atomic E-state index is 12.5. The van der Waals surface area contributed by atoms with Gasteiger partial charge in [0.25, 0.3) is 0 Å². The molecule has 0 atom stereocenters. The Labute approximate surface area is 137 Å². The number of benzene rings is 2. The second-order valence-electron chi connectivity index (χ2n) is 4.96. The Balaban J connectivity index is 2.01.